The zero-order valence-electron chi connectivity index (χ0n) is 53.8. The molecule has 3 aromatic heterocycles. The predicted octanol–water partition coefficient (Wildman–Crippen LogP) is 5.57. The number of fused-ring (bicyclic) bond motifs is 6. The van der Waals surface area contributed by atoms with Gasteiger partial charge in [-0.25, -0.2) is 28.9 Å². The van der Waals surface area contributed by atoms with Gasteiger partial charge in [0.05, 0.1) is 118 Å². The Morgan fingerprint density at radius 3 is 2.12 bits per heavy atom. The van der Waals surface area contributed by atoms with Gasteiger partial charge < -0.3 is 74.7 Å². The van der Waals surface area contributed by atoms with E-state index < -0.39 is 70.3 Å². The van der Waals surface area contributed by atoms with Crippen molar-refractivity contribution >= 4 is 101 Å². The smallest absolute Gasteiger partial charge is 0.408 e. The standard InChI is InChI=1S/C67H77Br2FN10O16/c1-6-67(89)46-26-53-58-44(31-80(53)62(85)45(46)33-95-64(67)87)55-41(9-13-43-37(4)47(70)27-50(77-58)56(43)55)30-72-63(86)66(34-94-35-66)79-65(88)96-32-39-7-11-42(12-8-39)74-59(82)38(5)73-61(84)57(36(2)3)78-54(81)15-17-90-19-21-92-23-24-93-22-20-91-18-16-71-60(83)40-10-14-48-49(25-40)76-52(29-69)51(28-68)75-48/h7-8,10-12,14,25-27,36,38,41,57,89H,6,9,13,15-24,28-35H2,1-5H3,(H,71,83)(H,72,86)(H,73,84)(H,74,82)(H,78,81)(H,79,88)/t38-,41-,57-,67+/m0/s1. The van der Waals surface area contributed by atoms with Gasteiger partial charge in [-0.2, -0.15) is 0 Å². The van der Waals surface area contributed by atoms with Crippen LogP contribution in [-0.4, -0.2) is 163 Å². The van der Waals surface area contributed by atoms with Crippen LogP contribution in [0.1, 0.15) is 114 Å². The molecule has 26 nitrogen and oxygen atoms in total. The quantitative estimate of drug-likeness (QED) is 0.0159. The van der Waals surface area contributed by atoms with E-state index in [1.54, 1.807) is 76.2 Å². The average molecular weight is 1460 g/mol. The largest absolute Gasteiger partial charge is 0.458 e. The highest BCUT2D eigenvalue weighted by Crippen LogP contribution is 2.46. The van der Waals surface area contributed by atoms with Gasteiger partial charge in [0.2, 0.25) is 17.7 Å². The summed E-state index contributed by atoms with van der Waals surface area (Å²) < 4.78 is 55.5. The fraction of sp³-hybridized carbons (Fsp3) is 0.478. The van der Waals surface area contributed by atoms with E-state index in [1.165, 1.54) is 17.6 Å². The van der Waals surface area contributed by atoms with Crippen molar-refractivity contribution in [3.63, 3.8) is 0 Å². The second kappa shape index (κ2) is 31.5. The summed E-state index contributed by atoms with van der Waals surface area (Å²) in [4.78, 5) is 121. The predicted molar refractivity (Wildman–Crippen MR) is 355 cm³/mol. The van der Waals surface area contributed by atoms with Gasteiger partial charge in [0.1, 0.15) is 31.1 Å². The molecule has 6 heterocycles. The number of cyclic esters (lactones) is 1. The van der Waals surface area contributed by atoms with Crippen molar-refractivity contribution in [1.29, 1.82) is 0 Å². The molecule has 0 saturated carbocycles. The molecule has 0 spiro atoms. The number of aromatic nitrogens is 4. The number of carbonyl (C=O) groups is 7. The first kappa shape index (κ1) is 70.9. The third-order valence-electron chi connectivity index (χ3n) is 17.5. The Labute approximate surface area is 568 Å². The monoisotopic (exact) mass is 1450 g/mol. The van der Waals surface area contributed by atoms with Gasteiger partial charge in [0, 0.05) is 69.9 Å². The van der Waals surface area contributed by atoms with Crippen LogP contribution in [0.15, 0.2) is 59.4 Å². The Kier molecular flexibility index (Phi) is 23.3. The molecule has 1 fully saturated rings. The molecule has 1 aliphatic carbocycles. The first-order valence-corrected chi connectivity index (χ1v) is 34.0. The number of esters is 1. The summed E-state index contributed by atoms with van der Waals surface area (Å²) in [6.45, 7) is 10.4. The van der Waals surface area contributed by atoms with Crippen molar-refractivity contribution < 1.29 is 76.2 Å². The fourth-order valence-electron chi connectivity index (χ4n) is 12.0. The maximum absolute atomic E-state index is 15.5. The summed E-state index contributed by atoms with van der Waals surface area (Å²) in [5.41, 5.74) is 4.73. The lowest BCUT2D eigenvalue weighted by atomic mass is 9.78. The van der Waals surface area contributed by atoms with Crippen LogP contribution in [0.3, 0.4) is 0 Å². The molecule has 6 aromatic rings. The highest BCUT2D eigenvalue weighted by Gasteiger charge is 2.49. The SMILES string of the molecule is CC[C@]1(O)C(=O)OCc2c1cc1n(c2=O)Cc2c-1nc1cc(F)c(C)c3c1c2[C@H](CNC(=O)C1(NC(=O)OCc2ccc(NC(=O)[C@H](C)NC(=O)[C@@H](NC(=O)CCOCCOCCOCCOCCNC(=O)c4ccc5nc(CBr)c(CBr)nc5c4)C(C)C)cc2)COC1)CC3. The molecule has 0 unspecified atom stereocenters. The van der Waals surface area contributed by atoms with Crippen LogP contribution >= 0.6 is 31.9 Å². The molecule has 3 aliphatic heterocycles. The number of amides is 6. The number of alkyl carbamates (subject to hydrolysis) is 1. The Morgan fingerprint density at radius 2 is 1.47 bits per heavy atom. The third kappa shape index (κ3) is 15.7. The number of benzene rings is 3. The number of carbonyl (C=O) groups excluding carboxylic acids is 7. The van der Waals surface area contributed by atoms with E-state index >= 15 is 4.39 Å². The fourth-order valence-corrected chi connectivity index (χ4v) is 12.9. The van der Waals surface area contributed by atoms with Crippen LogP contribution in [-0.2, 0) is 99.6 Å². The summed E-state index contributed by atoms with van der Waals surface area (Å²) in [5, 5.41) is 30.0. The molecule has 29 heteroatoms. The summed E-state index contributed by atoms with van der Waals surface area (Å²) in [5.74, 6) is -4.17. The molecule has 0 radical (unpaired) electrons. The average Bonchev–Trinajstić information content (AvgIpc) is 1.51. The number of nitrogens with one attached hydrogen (secondary N) is 6. The van der Waals surface area contributed by atoms with Gasteiger partial charge >= 0.3 is 12.1 Å². The van der Waals surface area contributed by atoms with Crippen molar-refractivity contribution in [1.82, 2.24) is 46.1 Å². The highest BCUT2D eigenvalue weighted by molar-refractivity contribution is 9.09. The van der Waals surface area contributed by atoms with Crippen molar-refractivity contribution in [3.05, 3.63) is 127 Å². The van der Waals surface area contributed by atoms with Gasteiger partial charge in [0.25, 0.3) is 17.4 Å². The number of ether oxygens (including phenoxy) is 7. The third-order valence-corrected chi connectivity index (χ3v) is 18.6. The molecular formula is C67H77Br2FN10O16. The molecular weight excluding hydrogens is 1380 g/mol. The normalized spacial score (nSPS) is 17.1. The van der Waals surface area contributed by atoms with Crippen LogP contribution in [0.5, 0.6) is 0 Å². The van der Waals surface area contributed by atoms with E-state index in [4.69, 9.17) is 38.1 Å². The van der Waals surface area contributed by atoms with Crippen LogP contribution in [0, 0.1) is 18.7 Å². The molecule has 3 aromatic carbocycles. The van der Waals surface area contributed by atoms with Gasteiger partial charge in [-0.3, -0.25) is 28.8 Å². The first-order chi connectivity index (χ1) is 46.2. The van der Waals surface area contributed by atoms with E-state index in [0.717, 1.165) is 27.9 Å². The Balaban J connectivity index is 0.601. The molecule has 512 valence electrons. The second-order valence-corrected chi connectivity index (χ2v) is 25.4. The molecule has 4 atom stereocenters. The maximum Gasteiger partial charge on any atom is 0.408 e. The summed E-state index contributed by atoms with van der Waals surface area (Å²) in [6.07, 6.45) is 0.0619. The number of halogens is 3. The van der Waals surface area contributed by atoms with Crippen molar-refractivity contribution in [3.8, 4) is 11.4 Å². The molecule has 1 saturated heterocycles. The number of aliphatic hydroxyl groups is 1. The number of hydrogen-bond acceptors (Lipinski definition) is 19. The van der Waals surface area contributed by atoms with Gasteiger partial charge in [-0.1, -0.05) is 64.8 Å². The maximum atomic E-state index is 15.5. The van der Waals surface area contributed by atoms with E-state index in [0.29, 0.717) is 119 Å². The topological polar surface area (TPSA) is 337 Å². The number of hydrogen-bond donors (Lipinski definition) is 7. The van der Waals surface area contributed by atoms with Crippen molar-refractivity contribution in [2.75, 3.05) is 84.5 Å². The zero-order chi connectivity index (χ0) is 68.4. The Bertz CT molecular complexity index is 4020. The molecule has 10 rings (SSSR count). The zero-order valence-corrected chi connectivity index (χ0v) is 57.0. The van der Waals surface area contributed by atoms with E-state index in [9.17, 15) is 43.5 Å². The molecule has 4 aliphatic rings. The number of alkyl halides is 2. The van der Waals surface area contributed by atoms with Gasteiger partial charge in [-0.05, 0) is 97.7 Å². The van der Waals surface area contributed by atoms with Gasteiger partial charge in [0.15, 0.2) is 11.1 Å². The summed E-state index contributed by atoms with van der Waals surface area (Å²) >= 11 is 6.87. The van der Waals surface area contributed by atoms with Crippen molar-refractivity contribution in [2.24, 2.45) is 5.92 Å². The van der Waals surface area contributed by atoms with Crippen molar-refractivity contribution in [2.45, 2.75) is 120 Å². The van der Waals surface area contributed by atoms with E-state index in [2.05, 4.69) is 73.7 Å². The lowest BCUT2D eigenvalue weighted by Gasteiger charge is -2.40. The minimum absolute atomic E-state index is 0.0152. The summed E-state index contributed by atoms with van der Waals surface area (Å²) in [6, 6.07) is 12.7. The van der Waals surface area contributed by atoms with Crippen LogP contribution in [0.2, 0.25) is 0 Å². The second-order valence-electron chi connectivity index (χ2n) is 24.3. The minimum Gasteiger partial charge on any atom is -0.458 e. The molecule has 7 N–H and O–H groups in total. The highest BCUT2D eigenvalue weighted by atomic mass is 79.9. The minimum atomic E-state index is -2.04. The van der Waals surface area contributed by atoms with E-state index in [1.807, 2.05) is 0 Å². The van der Waals surface area contributed by atoms with Crippen LogP contribution in [0.4, 0.5) is 14.9 Å². The van der Waals surface area contributed by atoms with Gasteiger partial charge in [-0.15, -0.1) is 0 Å². The number of anilines is 1. The van der Waals surface area contributed by atoms with Crippen LogP contribution in [0.25, 0.3) is 33.3 Å². The molecule has 0 bridgehead atoms. The van der Waals surface area contributed by atoms with E-state index in [-0.39, 0.29) is 101 Å². The lowest BCUT2D eigenvalue weighted by Crippen LogP contribution is -2.70. The number of rotatable bonds is 31. The Morgan fingerprint density at radius 1 is 0.792 bits per heavy atom. The Hall–Kier alpha value is -7.90. The van der Waals surface area contributed by atoms with Crippen LogP contribution < -0.4 is 37.5 Å². The lowest BCUT2D eigenvalue weighted by molar-refractivity contribution is -0.172. The molecule has 96 heavy (non-hydrogen) atoms. The number of pyridine rings is 2. The summed E-state index contributed by atoms with van der Waals surface area (Å²) in [7, 11) is 0. The molecule has 6 amide bonds. The number of aryl methyl sites for hydroxylation is 1. The number of nitrogens with zero attached hydrogens (tertiary/aromatic N) is 4. The first-order valence-electron chi connectivity index (χ1n) is 31.8.